The van der Waals surface area contributed by atoms with E-state index in [9.17, 15) is 0 Å². The van der Waals surface area contributed by atoms with Gasteiger partial charge in [0.1, 0.15) is 10.6 Å². The van der Waals surface area contributed by atoms with Crippen molar-refractivity contribution in [1.29, 1.82) is 0 Å². The number of rotatable bonds is 3. The number of nitrogens with two attached hydrogens (primary N) is 1. The third-order valence-electron chi connectivity index (χ3n) is 3.77. The van der Waals surface area contributed by atoms with Gasteiger partial charge < -0.3 is 16.0 Å². The maximum atomic E-state index is 5.84. The van der Waals surface area contributed by atoms with E-state index < -0.39 is 0 Å². The highest BCUT2D eigenvalue weighted by Crippen LogP contribution is 2.30. The van der Waals surface area contributed by atoms with Gasteiger partial charge in [-0.15, -0.1) is 11.3 Å². The number of aryl methyl sites for hydroxylation is 1. The zero-order chi connectivity index (χ0) is 14.1. The molecular weight excluding hydrogens is 270 g/mol. The van der Waals surface area contributed by atoms with E-state index in [1.165, 1.54) is 24.3 Å². The van der Waals surface area contributed by atoms with E-state index in [0.29, 0.717) is 12.0 Å². The Bertz CT molecular complexity index is 609. The molecule has 1 aliphatic rings. The van der Waals surface area contributed by atoms with Crippen LogP contribution in [0.25, 0.3) is 10.2 Å². The lowest BCUT2D eigenvalue weighted by atomic mass is 10.1. The van der Waals surface area contributed by atoms with E-state index >= 15 is 0 Å². The molecule has 0 bridgehead atoms. The molecule has 2 aromatic heterocycles. The summed E-state index contributed by atoms with van der Waals surface area (Å²) in [4.78, 5) is 13.4. The highest BCUT2D eigenvalue weighted by atomic mass is 32.1. The maximum Gasteiger partial charge on any atom is 0.223 e. The fraction of sp³-hybridized carbons (Fsp3) is 0.571. The molecular formula is C14H21N5S. The average Bonchev–Trinajstić information content (AvgIpc) is 2.82. The van der Waals surface area contributed by atoms with Crippen molar-refractivity contribution >= 4 is 33.3 Å². The third kappa shape index (κ3) is 2.71. The second-order valence-electron chi connectivity index (χ2n) is 5.46. The highest BCUT2D eigenvalue weighted by molar-refractivity contribution is 7.18. The smallest absolute Gasteiger partial charge is 0.223 e. The Kier molecular flexibility index (Phi) is 3.76. The molecule has 0 radical (unpaired) electrons. The fourth-order valence-corrected chi connectivity index (χ4v) is 3.72. The van der Waals surface area contributed by atoms with Crippen molar-refractivity contribution in [2.75, 3.05) is 31.2 Å². The number of piperidine rings is 1. The molecule has 1 fully saturated rings. The van der Waals surface area contributed by atoms with Gasteiger partial charge in [-0.1, -0.05) is 6.92 Å². The van der Waals surface area contributed by atoms with Crippen LogP contribution in [0.5, 0.6) is 0 Å². The molecule has 0 spiro atoms. The first kappa shape index (κ1) is 13.6. The number of thiophene rings is 1. The monoisotopic (exact) mass is 291 g/mol. The van der Waals surface area contributed by atoms with Gasteiger partial charge in [-0.25, -0.2) is 4.98 Å². The Morgan fingerprint density at radius 2 is 2.35 bits per heavy atom. The highest BCUT2D eigenvalue weighted by Gasteiger charge is 2.19. The van der Waals surface area contributed by atoms with E-state index in [1.807, 2.05) is 0 Å². The Hall–Kier alpha value is -1.40. The summed E-state index contributed by atoms with van der Waals surface area (Å²) in [5.41, 5.74) is 5.84. The van der Waals surface area contributed by atoms with Crippen molar-refractivity contribution < 1.29 is 0 Å². The van der Waals surface area contributed by atoms with Crippen LogP contribution in [0.15, 0.2) is 6.07 Å². The van der Waals surface area contributed by atoms with Crippen LogP contribution in [-0.2, 0) is 6.42 Å². The number of likely N-dealkylation sites (N-methyl/N-ethyl adjacent to an activating group) is 1. The van der Waals surface area contributed by atoms with Gasteiger partial charge in [0.15, 0.2) is 0 Å². The second-order valence-corrected chi connectivity index (χ2v) is 6.58. The lowest BCUT2D eigenvalue weighted by molar-refractivity contribution is 0.261. The third-order valence-corrected chi connectivity index (χ3v) is 4.95. The molecule has 3 rings (SSSR count). The van der Waals surface area contributed by atoms with Crippen molar-refractivity contribution in [3.05, 3.63) is 10.9 Å². The number of aromatic nitrogens is 2. The molecule has 0 aromatic carbocycles. The Labute approximate surface area is 123 Å². The van der Waals surface area contributed by atoms with Crippen molar-refractivity contribution in [2.24, 2.45) is 0 Å². The van der Waals surface area contributed by atoms with E-state index in [0.717, 1.165) is 29.0 Å². The molecule has 5 nitrogen and oxygen atoms in total. The van der Waals surface area contributed by atoms with Crippen LogP contribution in [0.4, 0.5) is 11.8 Å². The van der Waals surface area contributed by atoms with Crippen LogP contribution < -0.4 is 11.1 Å². The van der Waals surface area contributed by atoms with Crippen LogP contribution in [0, 0.1) is 0 Å². The van der Waals surface area contributed by atoms with E-state index in [4.69, 9.17) is 5.73 Å². The molecule has 6 heteroatoms. The summed E-state index contributed by atoms with van der Waals surface area (Å²) in [6.45, 7) is 4.39. The number of hydrogen-bond acceptors (Lipinski definition) is 6. The number of likely N-dealkylation sites (tertiary alicyclic amines) is 1. The molecule has 3 N–H and O–H groups in total. The zero-order valence-electron chi connectivity index (χ0n) is 12.0. The van der Waals surface area contributed by atoms with Gasteiger partial charge in [0, 0.05) is 17.5 Å². The molecule has 1 atom stereocenters. The topological polar surface area (TPSA) is 67.1 Å². The van der Waals surface area contributed by atoms with Crippen molar-refractivity contribution in [3.8, 4) is 0 Å². The van der Waals surface area contributed by atoms with Gasteiger partial charge >= 0.3 is 0 Å². The first-order valence-electron chi connectivity index (χ1n) is 7.16. The number of nitrogen functional groups attached to an aromatic ring is 1. The summed E-state index contributed by atoms with van der Waals surface area (Å²) in [6.07, 6.45) is 3.43. The molecule has 108 valence electrons. The Morgan fingerprint density at radius 1 is 1.50 bits per heavy atom. The Morgan fingerprint density at radius 3 is 3.10 bits per heavy atom. The molecule has 3 heterocycles. The predicted molar refractivity (Wildman–Crippen MR) is 85.3 cm³/mol. The van der Waals surface area contributed by atoms with Crippen molar-refractivity contribution in [1.82, 2.24) is 14.9 Å². The Balaban J connectivity index is 1.91. The minimum absolute atomic E-state index is 0.355. The zero-order valence-corrected chi connectivity index (χ0v) is 12.8. The van der Waals surface area contributed by atoms with E-state index in [2.05, 4.69) is 40.2 Å². The van der Waals surface area contributed by atoms with Gasteiger partial charge in [-0.3, -0.25) is 0 Å². The van der Waals surface area contributed by atoms with Gasteiger partial charge in [0.25, 0.3) is 0 Å². The van der Waals surface area contributed by atoms with Crippen LogP contribution in [0.3, 0.4) is 0 Å². The number of nitrogens with one attached hydrogen (secondary N) is 1. The van der Waals surface area contributed by atoms with Crippen LogP contribution in [-0.4, -0.2) is 41.0 Å². The number of hydrogen-bond donors (Lipinski definition) is 2. The normalized spacial score (nSPS) is 20.4. The standard InChI is InChI=1S/C14H21N5S/c1-3-10-7-11-12(17-14(15)18-13(11)20-10)16-9-5-4-6-19(2)8-9/h7,9H,3-6,8H2,1-2H3,(H3,15,16,17,18). The summed E-state index contributed by atoms with van der Waals surface area (Å²) in [7, 11) is 2.16. The fourth-order valence-electron chi connectivity index (χ4n) is 2.75. The van der Waals surface area contributed by atoms with Gasteiger partial charge in [0.05, 0.1) is 5.39 Å². The molecule has 0 aliphatic carbocycles. The molecule has 1 aliphatic heterocycles. The summed E-state index contributed by atoms with van der Waals surface area (Å²) < 4.78 is 0. The summed E-state index contributed by atoms with van der Waals surface area (Å²) in [6, 6.07) is 2.63. The predicted octanol–water partition coefficient (Wildman–Crippen LogP) is 2.34. The van der Waals surface area contributed by atoms with Crippen LogP contribution in [0.2, 0.25) is 0 Å². The SMILES string of the molecule is CCc1cc2c(NC3CCCN(C)C3)nc(N)nc2s1. The second kappa shape index (κ2) is 5.54. The summed E-state index contributed by atoms with van der Waals surface area (Å²) >= 11 is 1.71. The average molecular weight is 291 g/mol. The summed E-state index contributed by atoms with van der Waals surface area (Å²) in [5.74, 6) is 1.25. The van der Waals surface area contributed by atoms with Gasteiger partial charge in [0.2, 0.25) is 5.95 Å². The number of nitrogens with zero attached hydrogens (tertiary/aromatic N) is 3. The molecule has 1 saturated heterocycles. The largest absolute Gasteiger partial charge is 0.368 e. The van der Waals surface area contributed by atoms with Gasteiger partial charge in [-0.2, -0.15) is 4.98 Å². The van der Waals surface area contributed by atoms with Crippen molar-refractivity contribution in [2.45, 2.75) is 32.2 Å². The maximum absolute atomic E-state index is 5.84. The minimum atomic E-state index is 0.355. The van der Waals surface area contributed by atoms with Gasteiger partial charge in [-0.05, 0) is 38.9 Å². The van der Waals surface area contributed by atoms with Crippen LogP contribution in [0.1, 0.15) is 24.6 Å². The van der Waals surface area contributed by atoms with Crippen LogP contribution >= 0.6 is 11.3 Å². The summed E-state index contributed by atoms with van der Waals surface area (Å²) in [5, 5.41) is 4.67. The molecule has 20 heavy (non-hydrogen) atoms. The number of anilines is 2. The first-order valence-corrected chi connectivity index (χ1v) is 7.98. The molecule has 0 saturated carbocycles. The van der Waals surface area contributed by atoms with Crippen molar-refractivity contribution in [3.63, 3.8) is 0 Å². The lowest BCUT2D eigenvalue weighted by Crippen LogP contribution is -2.39. The first-order chi connectivity index (χ1) is 9.65. The molecule has 1 unspecified atom stereocenters. The quantitative estimate of drug-likeness (QED) is 0.908. The molecule has 2 aromatic rings. The van der Waals surface area contributed by atoms with E-state index in [1.54, 1.807) is 11.3 Å². The minimum Gasteiger partial charge on any atom is -0.368 e. The molecule has 0 amide bonds. The number of fused-ring (bicyclic) bond motifs is 1. The van der Waals surface area contributed by atoms with E-state index in [-0.39, 0.29) is 0 Å². The lowest BCUT2D eigenvalue weighted by Gasteiger charge is -2.30.